The number of thiazole rings is 1. The van der Waals surface area contributed by atoms with E-state index in [2.05, 4.69) is 44.9 Å². The number of nitrogens with one attached hydrogen (secondary N) is 1. The Bertz CT molecular complexity index is 374. The third-order valence-corrected chi connectivity index (χ3v) is 4.12. The summed E-state index contributed by atoms with van der Waals surface area (Å²) in [5, 5.41) is 4.74. The van der Waals surface area contributed by atoms with Crippen molar-refractivity contribution in [2.75, 3.05) is 20.3 Å². The van der Waals surface area contributed by atoms with Crippen LogP contribution in [0.25, 0.3) is 0 Å². The number of rotatable bonds is 7. The number of hydrogen-bond acceptors (Lipinski definition) is 4. The van der Waals surface area contributed by atoms with Crippen LogP contribution in [0.3, 0.4) is 0 Å². The molecular formula is C14H26N2OS. The van der Waals surface area contributed by atoms with Crippen LogP contribution >= 0.6 is 11.3 Å². The van der Waals surface area contributed by atoms with E-state index in [4.69, 9.17) is 4.74 Å². The maximum atomic E-state index is 5.15. The van der Waals surface area contributed by atoms with Crippen molar-refractivity contribution in [3.05, 3.63) is 15.6 Å². The molecule has 18 heavy (non-hydrogen) atoms. The molecule has 1 atom stereocenters. The van der Waals surface area contributed by atoms with Crippen LogP contribution in [0.2, 0.25) is 0 Å². The van der Waals surface area contributed by atoms with Crippen LogP contribution in [0, 0.1) is 19.3 Å². The highest BCUT2D eigenvalue weighted by Crippen LogP contribution is 2.24. The Hall–Kier alpha value is -0.450. The quantitative estimate of drug-likeness (QED) is 0.823. The lowest BCUT2D eigenvalue weighted by molar-refractivity contribution is 0.149. The van der Waals surface area contributed by atoms with Crippen LogP contribution < -0.4 is 5.32 Å². The van der Waals surface area contributed by atoms with Gasteiger partial charge in [0.15, 0.2) is 0 Å². The monoisotopic (exact) mass is 270 g/mol. The van der Waals surface area contributed by atoms with Crippen molar-refractivity contribution in [3.63, 3.8) is 0 Å². The Kier molecular flexibility index (Phi) is 5.76. The minimum Gasteiger partial charge on any atom is -0.385 e. The number of ether oxygens (including phenoxy) is 1. The lowest BCUT2D eigenvalue weighted by atomic mass is 9.89. The van der Waals surface area contributed by atoms with Crippen LogP contribution in [-0.4, -0.2) is 25.2 Å². The Morgan fingerprint density at radius 2 is 2.06 bits per heavy atom. The maximum absolute atomic E-state index is 5.15. The number of aryl methyl sites for hydroxylation is 2. The number of aromatic nitrogens is 1. The van der Waals surface area contributed by atoms with E-state index in [0.29, 0.717) is 6.04 Å². The van der Waals surface area contributed by atoms with Gasteiger partial charge in [-0.25, -0.2) is 4.98 Å². The second-order valence-corrected chi connectivity index (χ2v) is 7.09. The molecule has 1 unspecified atom stereocenters. The van der Waals surface area contributed by atoms with Gasteiger partial charge in [0.05, 0.1) is 10.7 Å². The molecule has 0 aromatic carbocycles. The Morgan fingerprint density at radius 3 is 2.56 bits per heavy atom. The van der Waals surface area contributed by atoms with E-state index in [-0.39, 0.29) is 5.41 Å². The van der Waals surface area contributed by atoms with Crippen LogP contribution in [-0.2, 0) is 4.74 Å². The van der Waals surface area contributed by atoms with Gasteiger partial charge in [0.1, 0.15) is 0 Å². The highest BCUT2D eigenvalue weighted by molar-refractivity contribution is 7.11. The molecule has 104 valence electrons. The van der Waals surface area contributed by atoms with Gasteiger partial charge in [0.2, 0.25) is 0 Å². The van der Waals surface area contributed by atoms with Gasteiger partial charge < -0.3 is 10.1 Å². The van der Waals surface area contributed by atoms with Crippen LogP contribution in [0.15, 0.2) is 0 Å². The van der Waals surface area contributed by atoms with Gasteiger partial charge in [-0.15, -0.1) is 11.3 Å². The fourth-order valence-corrected chi connectivity index (χ4v) is 2.85. The third kappa shape index (κ3) is 4.67. The number of methoxy groups -OCH3 is 1. The molecule has 1 heterocycles. The van der Waals surface area contributed by atoms with Gasteiger partial charge in [-0.3, -0.25) is 0 Å². The molecular weight excluding hydrogens is 244 g/mol. The second-order valence-electron chi connectivity index (χ2n) is 5.68. The number of nitrogens with zero attached hydrogens (tertiary/aromatic N) is 1. The molecule has 0 radical (unpaired) electrons. The summed E-state index contributed by atoms with van der Waals surface area (Å²) in [4.78, 5) is 5.93. The molecule has 1 N–H and O–H groups in total. The Morgan fingerprint density at radius 1 is 1.39 bits per heavy atom. The third-order valence-electron chi connectivity index (χ3n) is 3.22. The first-order valence-corrected chi connectivity index (χ1v) is 7.33. The maximum Gasteiger partial charge on any atom is 0.0900 e. The highest BCUT2D eigenvalue weighted by Gasteiger charge is 2.20. The molecule has 0 aliphatic heterocycles. The highest BCUT2D eigenvalue weighted by atomic mass is 32.1. The summed E-state index contributed by atoms with van der Waals surface area (Å²) in [6, 6.07) is 0.316. The van der Waals surface area contributed by atoms with Crippen molar-refractivity contribution in [3.8, 4) is 0 Å². The van der Waals surface area contributed by atoms with E-state index in [1.54, 1.807) is 18.4 Å². The van der Waals surface area contributed by atoms with Crippen molar-refractivity contribution in [2.24, 2.45) is 5.41 Å². The van der Waals surface area contributed by atoms with E-state index < -0.39 is 0 Å². The van der Waals surface area contributed by atoms with Crippen LogP contribution in [0.1, 0.15) is 48.8 Å². The van der Waals surface area contributed by atoms with Crippen molar-refractivity contribution < 1.29 is 4.74 Å². The zero-order valence-electron chi connectivity index (χ0n) is 12.5. The van der Waals surface area contributed by atoms with E-state index in [0.717, 1.165) is 24.6 Å². The summed E-state index contributed by atoms with van der Waals surface area (Å²) in [5.41, 5.74) is 1.45. The van der Waals surface area contributed by atoms with E-state index >= 15 is 0 Å². The molecule has 0 spiro atoms. The first-order chi connectivity index (χ1) is 8.35. The molecule has 0 amide bonds. The molecule has 0 saturated carbocycles. The van der Waals surface area contributed by atoms with E-state index in [1.165, 1.54) is 10.6 Å². The molecule has 1 rings (SSSR count). The normalized spacial score (nSPS) is 13.9. The van der Waals surface area contributed by atoms with Crippen LogP contribution in [0.4, 0.5) is 0 Å². The molecule has 0 saturated heterocycles. The summed E-state index contributed by atoms with van der Waals surface area (Å²) in [6.45, 7) is 12.7. The smallest absolute Gasteiger partial charge is 0.0900 e. The molecule has 0 bridgehead atoms. The predicted molar refractivity (Wildman–Crippen MR) is 78.3 cm³/mol. The fraction of sp³-hybridized carbons (Fsp3) is 0.786. The van der Waals surface area contributed by atoms with Gasteiger partial charge in [-0.05, 0) is 32.6 Å². The van der Waals surface area contributed by atoms with Gasteiger partial charge >= 0.3 is 0 Å². The average Bonchev–Trinajstić information content (AvgIpc) is 2.63. The first-order valence-electron chi connectivity index (χ1n) is 6.52. The topological polar surface area (TPSA) is 34.1 Å². The van der Waals surface area contributed by atoms with Gasteiger partial charge in [-0.2, -0.15) is 0 Å². The summed E-state index contributed by atoms with van der Waals surface area (Å²) in [6.07, 6.45) is 1.07. The van der Waals surface area contributed by atoms with E-state index in [9.17, 15) is 0 Å². The zero-order chi connectivity index (χ0) is 13.8. The molecule has 4 heteroatoms. The summed E-state index contributed by atoms with van der Waals surface area (Å²) >= 11 is 1.77. The molecule has 1 aromatic heterocycles. The molecule has 3 nitrogen and oxygen atoms in total. The largest absolute Gasteiger partial charge is 0.385 e. The molecule has 1 aromatic rings. The van der Waals surface area contributed by atoms with Gasteiger partial charge in [0, 0.05) is 31.2 Å². The standard InChI is InChI=1S/C14H26N2OS/c1-10(13-11(2)18-12(3)16-13)15-9-14(4,5)7-8-17-6/h10,15H,7-9H2,1-6H3. The fourth-order valence-electron chi connectivity index (χ4n) is 1.94. The molecule has 0 aliphatic carbocycles. The molecule has 0 aliphatic rings. The second kappa shape index (κ2) is 6.64. The predicted octanol–water partition coefficient (Wildman–Crippen LogP) is 3.47. The van der Waals surface area contributed by atoms with Gasteiger partial charge in [-0.1, -0.05) is 13.8 Å². The number of hydrogen-bond donors (Lipinski definition) is 1. The van der Waals surface area contributed by atoms with Crippen molar-refractivity contribution in [1.82, 2.24) is 10.3 Å². The average molecular weight is 270 g/mol. The SMILES string of the molecule is COCCC(C)(C)CNC(C)c1nc(C)sc1C. The lowest BCUT2D eigenvalue weighted by Gasteiger charge is -2.26. The molecule has 0 fully saturated rings. The summed E-state index contributed by atoms with van der Waals surface area (Å²) in [5.74, 6) is 0. The summed E-state index contributed by atoms with van der Waals surface area (Å²) in [7, 11) is 1.76. The lowest BCUT2D eigenvalue weighted by Crippen LogP contribution is -2.32. The van der Waals surface area contributed by atoms with Crippen molar-refractivity contribution in [2.45, 2.75) is 47.1 Å². The zero-order valence-corrected chi connectivity index (χ0v) is 13.3. The van der Waals surface area contributed by atoms with Gasteiger partial charge in [0.25, 0.3) is 0 Å². The van der Waals surface area contributed by atoms with E-state index in [1.807, 2.05) is 0 Å². The minimum atomic E-state index is 0.253. The van der Waals surface area contributed by atoms with Crippen molar-refractivity contribution in [1.29, 1.82) is 0 Å². The summed E-state index contributed by atoms with van der Waals surface area (Å²) < 4.78 is 5.15. The Balaban J connectivity index is 2.50. The van der Waals surface area contributed by atoms with Crippen molar-refractivity contribution >= 4 is 11.3 Å². The first kappa shape index (κ1) is 15.6. The Labute approximate surface area is 115 Å². The van der Waals surface area contributed by atoms with Crippen LogP contribution in [0.5, 0.6) is 0 Å². The minimum absolute atomic E-state index is 0.253.